The number of benzene rings is 2. The van der Waals surface area contributed by atoms with Crippen molar-refractivity contribution in [3.05, 3.63) is 65.7 Å². The van der Waals surface area contributed by atoms with E-state index in [9.17, 15) is 14.3 Å². The van der Waals surface area contributed by atoms with Crippen LogP contribution in [0.15, 0.2) is 53.0 Å². The molecule has 1 N–H and O–H groups in total. The Kier molecular flexibility index (Phi) is 6.65. The van der Waals surface area contributed by atoms with Gasteiger partial charge < -0.3 is 9.52 Å². The fourth-order valence-electron chi connectivity index (χ4n) is 3.61. The number of furan rings is 1. The average Bonchev–Trinajstić information content (AvgIpc) is 3.06. The van der Waals surface area contributed by atoms with Crippen molar-refractivity contribution in [1.82, 2.24) is 0 Å². The van der Waals surface area contributed by atoms with Gasteiger partial charge in [0.1, 0.15) is 22.9 Å². The summed E-state index contributed by atoms with van der Waals surface area (Å²) in [6, 6.07) is 12.3. The molecule has 0 radical (unpaired) electrons. The van der Waals surface area contributed by atoms with Crippen molar-refractivity contribution in [2.75, 3.05) is 0 Å². The molecule has 0 saturated carbocycles. The molecule has 29 heavy (non-hydrogen) atoms. The molecule has 152 valence electrons. The first kappa shape index (κ1) is 21.0. The first-order valence-corrected chi connectivity index (χ1v) is 10.1. The number of ketones is 1. The van der Waals surface area contributed by atoms with Gasteiger partial charge in [0.15, 0.2) is 0 Å². The fraction of sp³-hybridized carbons (Fsp3) is 0.320. The minimum Gasteiger partial charge on any atom is -0.456 e. The van der Waals surface area contributed by atoms with Crippen LogP contribution in [0, 0.1) is 5.82 Å². The van der Waals surface area contributed by atoms with Gasteiger partial charge in [-0.25, -0.2) is 4.39 Å². The Morgan fingerprint density at radius 2 is 1.90 bits per heavy atom. The van der Waals surface area contributed by atoms with Crippen LogP contribution in [0.4, 0.5) is 4.39 Å². The summed E-state index contributed by atoms with van der Waals surface area (Å²) in [6.45, 7) is 6.13. The number of para-hydroxylation sites is 1. The Bertz CT molecular complexity index is 1010. The topological polar surface area (TPSA) is 50.4 Å². The molecular weight excluding hydrogens is 367 g/mol. The second-order valence-corrected chi connectivity index (χ2v) is 7.64. The fourth-order valence-corrected chi connectivity index (χ4v) is 3.61. The number of carbonyl (C=O) groups is 1. The van der Waals surface area contributed by atoms with Gasteiger partial charge in [-0.15, -0.1) is 0 Å². The molecule has 3 nitrogen and oxygen atoms in total. The summed E-state index contributed by atoms with van der Waals surface area (Å²) in [5, 5.41) is 11.2. The maximum absolute atomic E-state index is 13.3. The predicted octanol–water partition coefficient (Wildman–Crippen LogP) is 6.50. The zero-order valence-electron chi connectivity index (χ0n) is 17.1. The van der Waals surface area contributed by atoms with Gasteiger partial charge in [0, 0.05) is 29.4 Å². The van der Waals surface area contributed by atoms with Crippen LogP contribution < -0.4 is 0 Å². The molecule has 4 heteroatoms. The molecule has 1 heterocycles. The third-order valence-electron chi connectivity index (χ3n) is 4.95. The molecule has 1 atom stereocenters. The van der Waals surface area contributed by atoms with Crippen molar-refractivity contribution in [3.8, 4) is 11.1 Å². The van der Waals surface area contributed by atoms with Gasteiger partial charge >= 0.3 is 0 Å². The van der Waals surface area contributed by atoms with Crippen LogP contribution in [0.2, 0.25) is 0 Å². The second-order valence-electron chi connectivity index (χ2n) is 7.64. The van der Waals surface area contributed by atoms with Gasteiger partial charge in [-0.3, -0.25) is 4.79 Å². The zero-order valence-corrected chi connectivity index (χ0v) is 17.1. The first-order chi connectivity index (χ1) is 13.9. The van der Waals surface area contributed by atoms with Crippen molar-refractivity contribution < 1.29 is 18.7 Å². The van der Waals surface area contributed by atoms with Gasteiger partial charge in [-0.2, -0.15) is 0 Å². The Labute approximate surface area is 170 Å². The highest BCUT2D eigenvalue weighted by atomic mass is 19.1. The van der Waals surface area contributed by atoms with Gasteiger partial charge in [-0.1, -0.05) is 57.2 Å². The Balaban J connectivity index is 2.00. The van der Waals surface area contributed by atoms with E-state index >= 15 is 0 Å². The van der Waals surface area contributed by atoms with E-state index in [0.29, 0.717) is 12.2 Å². The molecule has 3 rings (SSSR count). The quantitative estimate of drug-likeness (QED) is 0.475. The maximum atomic E-state index is 13.3. The van der Waals surface area contributed by atoms with Crippen LogP contribution >= 0.6 is 0 Å². The van der Waals surface area contributed by atoms with Crippen LogP contribution in [0.3, 0.4) is 0 Å². The molecular formula is C25H27FO3. The molecule has 0 aliphatic carbocycles. The van der Waals surface area contributed by atoms with E-state index < -0.39 is 6.10 Å². The third-order valence-corrected chi connectivity index (χ3v) is 4.95. The molecule has 0 saturated heterocycles. The van der Waals surface area contributed by atoms with E-state index in [4.69, 9.17) is 4.42 Å². The molecule has 0 aliphatic heterocycles. The minimum absolute atomic E-state index is 0.0527. The molecule has 0 aliphatic rings. The second kappa shape index (κ2) is 9.19. The summed E-state index contributed by atoms with van der Waals surface area (Å²) in [4.78, 5) is 11.8. The van der Waals surface area contributed by atoms with E-state index in [1.807, 2.05) is 25.1 Å². The molecule has 2 aromatic carbocycles. The van der Waals surface area contributed by atoms with Gasteiger partial charge in [0.2, 0.25) is 0 Å². The summed E-state index contributed by atoms with van der Waals surface area (Å²) in [5.41, 5.74) is 3.55. The highest BCUT2D eigenvalue weighted by Crippen LogP contribution is 2.38. The molecule has 0 spiro atoms. The normalized spacial score (nSPS) is 12.9. The van der Waals surface area contributed by atoms with E-state index in [0.717, 1.165) is 34.1 Å². The Hall–Kier alpha value is -2.72. The molecule has 0 bridgehead atoms. The van der Waals surface area contributed by atoms with Crippen LogP contribution in [0.1, 0.15) is 57.3 Å². The van der Waals surface area contributed by atoms with Crippen LogP contribution in [-0.4, -0.2) is 17.0 Å². The van der Waals surface area contributed by atoms with Crippen molar-refractivity contribution in [2.45, 2.75) is 52.1 Å². The standard InChI is InChI=1S/C25H27FO3/c1-4-6-19(27)15-20(28)13-14-23-24(16(2)3)22-8-5-7-21(25(22)29-23)17-9-11-18(26)12-10-17/h5,7-14,16,20,28H,4,6,15H2,1-3H3. The number of rotatable bonds is 8. The number of halogens is 1. The Morgan fingerprint density at radius 3 is 2.55 bits per heavy atom. The number of fused-ring (bicyclic) bond motifs is 1. The van der Waals surface area contributed by atoms with Gasteiger partial charge in [0.25, 0.3) is 0 Å². The number of aliphatic hydroxyl groups excluding tert-OH is 1. The lowest BCUT2D eigenvalue weighted by Gasteiger charge is -2.06. The maximum Gasteiger partial charge on any atom is 0.142 e. The summed E-state index contributed by atoms with van der Waals surface area (Å²) < 4.78 is 19.5. The number of hydrogen-bond donors (Lipinski definition) is 1. The number of hydrogen-bond acceptors (Lipinski definition) is 3. The predicted molar refractivity (Wildman–Crippen MR) is 115 cm³/mol. The molecule has 0 amide bonds. The van der Waals surface area contributed by atoms with E-state index in [2.05, 4.69) is 13.8 Å². The smallest absolute Gasteiger partial charge is 0.142 e. The monoisotopic (exact) mass is 394 g/mol. The van der Waals surface area contributed by atoms with Crippen molar-refractivity contribution >= 4 is 22.8 Å². The lowest BCUT2D eigenvalue weighted by molar-refractivity contribution is -0.120. The third kappa shape index (κ3) is 4.83. The number of Topliss-reactive ketones (excluding diaryl/α,β-unsaturated/α-hetero) is 1. The SMILES string of the molecule is CCCC(=O)CC(O)C=Cc1oc2c(-c3ccc(F)cc3)cccc2c1C(C)C. The highest BCUT2D eigenvalue weighted by molar-refractivity contribution is 5.96. The molecule has 1 aromatic heterocycles. The lowest BCUT2D eigenvalue weighted by Crippen LogP contribution is -2.10. The largest absolute Gasteiger partial charge is 0.456 e. The summed E-state index contributed by atoms with van der Waals surface area (Å²) >= 11 is 0. The molecule has 0 fully saturated rings. The van der Waals surface area contributed by atoms with Crippen LogP contribution in [0.25, 0.3) is 28.2 Å². The summed E-state index contributed by atoms with van der Waals surface area (Å²) in [6.07, 6.45) is 3.92. The van der Waals surface area contributed by atoms with E-state index in [1.165, 1.54) is 12.1 Å². The van der Waals surface area contributed by atoms with E-state index in [1.54, 1.807) is 24.3 Å². The summed E-state index contributed by atoms with van der Waals surface area (Å²) in [5.74, 6) is 0.653. The van der Waals surface area contributed by atoms with Crippen LogP contribution in [0.5, 0.6) is 0 Å². The number of carbonyl (C=O) groups excluding carboxylic acids is 1. The van der Waals surface area contributed by atoms with Crippen LogP contribution in [-0.2, 0) is 4.79 Å². The van der Waals surface area contributed by atoms with Crippen molar-refractivity contribution in [3.63, 3.8) is 0 Å². The minimum atomic E-state index is -0.834. The lowest BCUT2D eigenvalue weighted by atomic mass is 9.96. The van der Waals surface area contributed by atoms with Gasteiger partial charge in [0.05, 0.1) is 6.10 Å². The average molecular weight is 394 g/mol. The first-order valence-electron chi connectivity index (χ1n) is 10.1. The van der Waals surface area contributed by atoms with Crippen molar-refractivity contribution in [2.24, 2.45) is 0 Å². The Morgan fingerprint density at radius 1 is 1.17 bits per heavy atom. The van der Waals surface area contributed by atoms with Gasteiger partial charge in [-0.05, 0) is 36.1 Å². The van der Waals surface area contributed by atoms with E-state index in [-0.39, 0.29) is 23.9 Å². The molecule has 1 unspecified atom stereocenters. The van der Waals surface area contributed by atoms with Crippen molar-refractivity contribution in [1.29, 1.82) is 0 Å². The zero-order chi connectivity index (χ0) is 21.0. The number of aliphatic hydroxyl groups is 1. The highest BCUT2D eigenvalue weighted by Gasteiger charge is 2.18. The molecule has 3 aromatic rings. The summed E-state index contributed by atoms with van der Waals surface area (Å²) in [7, 11) is 0.